The van der Waals surface area contributed by atoms with Crippen molar-refractivity contribution in [3.63, 3.8) is 0 Å². The van der Waals surface area contributed by atoms with Crippen LogP contribution in [0, 0.1) is 11.3 Å². The molecule has 1 amide bonds. The number of carbonyl (C=O) groups is 1. The summed E-state index contributed by atoms with van der Waals surface area (Å²) in [6.07, 6.45) is 9.39. The van der Waals surface area contributed by atoms with Crippen molar-refractivity contribution >= 4 is 5.91 Å². The highest BCUT2D eigenvalue weighted by atomic mass is 16.2. The molecule has 0 bridgehead atoms. The molecule has 0 aromatic rings. The number of carbonyl (C=O) groups excluding carboxylic acids is 1. The summed E-state index contributed by atoms with van der Waals surface area (Å²) in [7, 11) is 0. The molecule has 3 N–H and O–H groups in total. The van der Waals surface area contributed by atoms with E-state index in [9.17, 15) is 4.79 Å². The standard InChI is InChI=1S/C13H24N2O/c14-10-13(7-3-1-2-4-8-13)12(16)15-9-11-5-6-11/h11H,1-10,14H2,(H,15,16). The van der Waals surface area contributed by atoms with Gasteiger partial charge in [-0.1, -0.05) is 25.7 Å². The van der Waals surface area contributed by atoms with E-state index in [1.807, 2.05) is 0 Å². The van der Waals surface area contributed by atoms with E-state index >= 15 is 0 Å². The second kappa shape index (κ2) is 5.17. The SMILES string of the molecule is NCC1(C(=O)NCC2CC2)CCCCCC1. The monoisotopic (exact) mass is 224 g/mol. The minimum Gasteiger partial charge on any atom is -0.355 e. The van der Waals surface area contributed by atoms with Crippen molar-refractivity contribution in [2.75, 3.05) is 13.1 Å². The minimum absolute atomic E-state index is 0.226. The van der Waals surface area contributed by atoms with Gasteiger partial charge in [-0.2, -0.15) is 0 Å². The lowest BCUT2D eigenvalue weighted by molar-refractivity contribution is -0.131. The molecule has 2 saturated carbocycles. The van der Waals surface area contributed by atoms with Crippen LogP contribution in [0.3, 0.4) is 0 Å². The zero-order valence-electron chi connectivity index (χ0n) is 10.1. The Bertz CT molecular complexity index is 240. The second-order valence-corrected chi connectivity index (χ2v) is 5.55. The van der Waals surface area contributed by atoms with Crippen molar-refractivity contribution in [1.29, 1.82) is 0 Å². The molecule has 2 rings (SSSR count). The van der Waals surface area contributed by atoms with E-state index < -0.39 is 0 Å². The Kier molecular flexibility index (Phi) is 3.85. The van der Waals surface area contributed by atoms with Crippen LogP contribution in [0.25, 0.3) is 0 Å². The lowest BCUT2D eigenvalue weighted by Crippen LogP contribution is -2.46. The molecule has 0 aromatic heterocycles. The molecule has 0 spiro atoms. The third-order valence-corrected chi connectivity index (χ3v) is 4.18. The van der Waals surface area contributed by atoms with Crippen LogP contribution in [0.2, 0.25) is 0 Å². The Balaban J connectivity index is 1.90. The fraction of sp³-hybridized carbons (Fsp3) is 0.923. The Morgan fingerprint density at radius 2 is 1.81 bits per heavy atom. The van der Waals surface area contributed by atoms with Crippen LogP contribution in [0.4, 0.5) is 0 Å². The summed E-state index contributed by atoms with van der Waals surface area (Å²) in [6, 6.07) is 0. The van der Waals surface area contributed by atoms with Crippen molar-refractivity contribution in [3.8, 4) is 0 Å². The Labute approximate surface area is 98.2 Å². The summed E-state index contributed by atoms with van der Waals surface area (Å²) in [6.45, 7) is 1.39. The van der Waals surface area contributed by atoms with Gasteiger partial charge < -0.3 is 11.1 Å². The smallest absolute Gasteiger partial charge is 0.227 e. The molecule has 16 heavy (non-hydrogen) atoms. The molecule has 3 nitrogen and oxygen atoms in total. The van der Waals surface area contributed by atoms with E-state index in [1.54, 1.807) is 0 Å². The molecule has 0 unspecified atom stereocenters. The molecular weight excluding hydrogens is 200 g/mol. The largest absolute Gasteiger partial charge is 0.355 e. The van der Waals surface area contributed by atoms with Gasteiger partial charge >= 0.3 is 0 Å². The van der Waals surface area contributed by atoms with Gasteiger partial charge in [0.05, 0.1) is 5.41 Å². The maximum atomic E-state index is 12.2. The highest BCUT2D eigenvalue weighted by molar-refractivity contribution is 5.82. The average molecular weight is 224 g/mol. The Morgan fingerprint density at radius 1 is 1.19 bits per heavy atom. The first-order valence-electron chi connectivity index (χ1n) is 6.75. The minimum atomic E-state index is -0.245. The zero-order chi connectivity index (χ0) is 11.4. The zero-order valence-corrected chi connectivity index (χ0v) is 10.1. The third kappa shape index (κ3) is 2.76. The number of hydrogen-bond acceptors (Lipinski definition) is 2. The molecule has 2 aliphatic carbocycles. The molecule has 0 atom stereocenters. The lowest BCUT2D eigenvalue weighted by atomic mass is 9.79. The molecule has 0 saturated heterocycles. The fourth-order valence-corrected chi connectivity index (χ4v) is 2.68. The lowest BCUT2D eigenvalue weighted by Gasteiger charge is -2.29. The van der Waals surface area contributed by atoms with Gasteiger partial charge in [0.1, 0.15) is 0 Å². The molecule has 2 fully saturated rings. The summed E-state index contributed by atoms with van der Waals surface area (Å²) in [4.78, 5) is 12.2. The Hall–Kier alpha value is -0.570. The van der Waals surface area contributed by atoms with Crippen molar-refractivity contribution in [2.24, 2.45) is 17.1 Å². The summed E-state index contributed by atoms with van der Waals surface area (Å²) in [5.41, 5.74) is 5.63. The quantitative estimate of drug-likeness (QED) is 0.716. The van der Waals surface area contributed by atoms with E-state index in [2.05, 4.69) is 5.32 Å². The second-order valence-electron chi connectivity index (χ2n) is 5.55. The summed E-state index contributed by atoms with van der Waals surface area (Å²) >= 11 is 0. The first-order chi connectivity index (χ1) is 7.77. The summed E-state index contributed by atoms with van der Waals surface area (Å²) < 4.78 is 0. The highest BCUT2D eigenvalue weighted by Gasteiger charge is 2.37. The van der Waals surface area contributed by atoms with Crippen molar-refractivity contribution < 1.29 is 4.79 Å². The molecular formula is C13H24N2O. The van der Waals surface area contributed by atoms with Gasteiger partial charge in [0.25, 0.3) is 0 Å². The van der Waals surface area contributed by atoms with Crippen molar-refractivity contribution in [1.82, 2.24) is 5.32 Å². The normalized spacial score (nSPS) is 24.8. The molecule has 0 radical (unpaired) electrons. The van der Waals surface area contributed by atoms with E-state index in [4.69, 9.17) is 5.73 Å². The fourth-order valence-electron chi connectivity index (χ4n) is 2.68. The van der Waals surface area contributed by atoms with Crippen LogP contribution in [0.1, 0.15) is 51.4 Å². The van der Waals surface area contributed by atoms with Gasteiger partial charge in [-0.05, 0) is 31.6 Å². The van der Waals surface area contributed by atoms with E-state index in [0.717, 1.165) is 38.1 Å². The van der Waals surface area contributed by atoms with E-state index in [0.29, 0.717) is 6.54 Å². The number of nitrogens with two attached hydrogens (primary N) is 1. The first-order valence-corrected chi connectivity index (χ1v) is 6.75. The highest BCUT2D eigenvalue weighted by Crippen LogP contribution is 2.35. The first kappa shape index (κ1) is 11.9. The van der Waals surface area contributed by atoms with Crippen LogP contribution in [0.5, 0.6) is 0 Å². The predicted octanol–water partition coefficient (Wildman–Crippen LogP) is 1.81. The van der Waals surface area contributed by atoms with Crippen molar-refractivity contribution in [2.45, 2.75) is 51.4 Å². The van der Waals surface area contributed by atoms with Crippen molar-refractivity contribution in [3.05, 3.63) is 0 Å². The third-order valence-electron chi connectivity index (χ3n) is 4.18. The molecule has 92 valence electrons. The van der Waals surface area contributed by atoms with Gasteiger partial charge in [0.2, 0.25) is 5.91 Å². The maximum Gasteiger partial charge on any atom is 0.227 e. The number of amides is 1. The molecule has 0 aromatic carbocycles. The summed E-state index contributed by atoms with van der Waals surface area (Å²) in [5.74, 6) is 0.980. The molecule has 2 aliphatic rings. The Morgan fingerprint density at radius 3 is 2.31 bits per heavy atom. The van der Waals surface area contributed by atoms with Crippen LogP contribution >= 0.6 is 0 Å². The van der Waals surface area contributed by atoms with Gasteiger partial charge in [-0.3, -0.25) is 4.79 Å². The summed E-state index contributed by atoms with van der Waals surface area (Å²) in [5, 5.41) is 3.11. The molecule has 3 heteroatoms. The van der Waals surface area contributed by atoms with Gasteiger partial charge in [-0.15, -0.1) is 0 Å². The average Bonchev–Trinajstić information content (AvgIpc) is 3.13. The topological polar surface area (TPSA) is 55.1 Å². The predicted molar refractivity (Wildman–Crippen MR) is 64.9 cm³/mol. The maximum absolute atomic E-state index is 12.2. The number of rotatable bonds is 4. The van der Waals surface area contributed by atoms with Gasteiger partial charge in [0.15, 0.2) is 0 Å². The van der Waals surface area contributed by atoms with Crippen LogP contribution in [0.15, 0.2) is 0 Å². The van der Waals surface area contributed by atoms with E-state index in [-0.39, 0.29) is 11.3 Å². The van der Waals surface area contributed by atoms with Gasteiger partial charge in [-0.25, -0.2) is 0 Å². The molecule has 0 aliphatic heterocycles. The van der Waals surface area contributed by atoms with E-state index in [1.165, 1.54) is 25.7 Å². The number of hydrogen-bond donors (Lipinski definition) is 2. The van der Waals surface area contributed by atoms with Gasteiger partial charge in [0, 0.05) is 13.1 Å². The van der Waals surface area contributed by atoms with Crippen LogP contribution < -0.4 is 11.1 Å². The molecule has 0 heterocycles. The van der Waals surface area contributed by atoms with Crippen LogP contribution in [-0.2, 0) is 4.79 Å². The number of nitrogens with one attached hydrogen (secondary N) is 1. The van der Waals surface area contributed by atoms with Crippen LogP contribution in [-0.4, -0.2) is 19.0 Å².